The highest BCUT2D eigenvalue weighted by molar-refractivity contribution is 7.89. The lowest BCUT2D eigenvalue weighted by Crippen LogP contribution is -2.41. The van der Waals surface area contributed by atoms with E-state index in [4.69, 9.17) is 10.5 Å². The normalized spacial score (nSPS) is 12.7. The summed E-state index contributed by atoms with van der Waals surface area (Å²) in [7, 11) is -3.30. The zero-order chi connectivity index (χ0) is 16.4. The highest BCUT2D eigenvalue weighted by Gasteiger charge is 2.41. The van der Waals surface area contributed by atoms with E-state index in [1.165, 1.54) is 17.9 Å². The molecule has 0 radical (unpaired) electrons. The van der Waals surface area contributed by atoms with E-state index in [1.807, 2.05) is 0 Å². The zero-order valence-corrected chi connectivity index (χ0v) is 12.0. The Labute approximate surface area is 119 Å². The topological polar surface area (TPSA) is 81.4 Å². The molecule has 1 rings (SSSR count). The molecule has 5 nitrogen and oxygen atoms in total. The fourth-order valence-corrected chi connectivity index (χ4v) is 2.62. The molecule has 0 aliphatic heterocycles. The average Bonchev–Trinajstić information content (AvgIpc) is 2.39. The molecule has 0 spiro atoms. The second-order valence-electron chi connectivity index (χ2n) is 4.25. The molecule has 0 bridgehead atoms. The number of hydrogen-bond acceptors (Lipinski definition) is 4. The molecule has 120 valence electrons. The highest BCUT2D eigenvalue weighted by atomic mass is 32.2. The standard InChI is InChI=1S/C11H14F4N2O3S/c1-6-3-8(20-2)9(4-7(6)16)21(18,19)17-5-11(14,15)10(12)13/h3-4,10,17H,5,16H2,1-2H3. The number of nitrogens with two attached hydrogens (primary N) is 1. The number of methoxy groups -OCH3 is 1. The number of sulfonamides is 1. The quantitative estimate of drug-likeness (QED) is 0.615. The van der Waals surface area contributed by atoms with Crippen LogP contribution < -0.4 is 15.2 Å². The number of alkyl halides is 4. The Morgan fingerprint density at radius 1 is 1.38 bits per heavy atom. The van der Waals surface area contributed by atoms with Crippen LogP contribution in [0.3, 0.4) is 0 Å². The van der Waals surface area contributed by atoms with Crippen LogP contribution in [0.1, 0.15) is 5.56 Å². The van der Waals surface area contributed by atoms with Gasteiger partial charge in [-0.25, -0.2) is 21.9 Å². The number of nitrogen functional groups attached to an aromatic ring is 1. The van der Waals surface area contributed by atoms with Gasteiger partial charge in [0.25, 0.3) is 0 Å². The Bertz CT molecular complexity index is 620. The molecule has 0 fully saturated rings. The van der Waals surface area contributed by atoms with Gasteiger partial charge in [0, 0.05) is 5.69 Å². The van der Waals surface area contributed by atoms with Crippen LogP contribution in [0.4, 0.5) is 23.2 Å². The minimum absolute atomic E-state index is 0.0943. The number of aryl methyl sites for hydroxylation is 1. The van der Waals surface area contributed by atoms with E-state index in [0.29, 0.717) is 5.56 Å². The van der Waals surface area contributed by atoms with Crippen LogP contribution in [-0.4, -0.2) is 34.4 Å². The summed E-state index contributed by atoms with van der Waals surface area (Å²) >= 11 is 0. The molecule has 0 aliphatic rings. The van der Waals surface area contributed by atoms with Gasteiger partial charge in [-0.2, -0.15) is 8.78 Å². The lowest BCUT2D eigenvalue weighted by Gasteiger charge is -2.17. The number of benzene rings is 1. The summed E-state index contributed by atoms with van der Waals surface area (Å²) in [5.41, 5.74) is 6.17. The third kappa shape index (κ3) is 3.97. The van der Waals surface area contributed by atoms with E-state index in [9.17, 15) is 26.0 Å². The number of hydrogen-bond donors (Lipinski definition) is 2. The van der Waals surface area contributed by atoms with Crippen LogP contribution in [0.25, 0.3) is 0 Å². The van der Waals surface area contributed by atoms with Gasteiger partial charge in [-0.3, -0.25) is 0 Å². The van der Waals surface area contributed by atoms with Gasteiger partial charge in [-0.15, -0.1) is 0 Å². The molecular formula is C11H14F4N2O3S. The molecule has 0 saturated carbocycles. The van der Waals surface area contributed by atoms with Crippen molar-refractivity contribution in [3.05, 3.63) is 17.7 Å². The summed E-state index contributed by atoms with van der Waals surface area (Å²) in [6.45, 7) is -0.142. The molecule has 0 saturated heterocycles. The third-order valence-corrected chi connectivity index (χ3v) is 4.08. The van der Waals surface area contributed by atoms with Gasteiger partial charge in [-0.05, 0) is 24.6 Å². The van der Waals surface area contributed by atoms with Crippen molar-refractivity contribution in [1.82, 2.24) is 4.72 Å². The van der Waals surface area contributed by atoms with E-state index < -0.39 is 33.8 Å². The maximum atomic E-state index is 12.8. The summed E-state index contributed by atoms with van der Waals surface area (Å²) in [6, 6.07) is 2.31. The van der Waals surface area contributed by atoms with Crippen molar-refractivity contribution in [3.63, 3.8) is 0 Å². The zero-order valence-electron chi connectivity index (χ0n) is 11.2. The lowest BCUT2D eigenvalue weighted by atomic mass is 10.2. The molecule has 3 N–H and O–H groups in total. The Morgan fingerprint density at radius 2 is 1.95 bits per heavy atom. The molecule has 0 aliphatic carbocycles. The van der Waals surface area contributed by atoms with Crippen molar-refractivity contribution < 1.29 is 30.7 Å². The fraction of sp³-hybridized carbons (Fsp3) is 0.455. The molecule has 0 unspecified atom stereocenters. The van der Waals surface area contributed by atoms with E-state index >= 15 is 0 Å². The maximum Gasteiger partial charge on any atom is 0.320 e. The molecule has 1 aromatic carbocycles. The van der Waals surface area contributed by atoms with Crippen LogP contribution >= 0.6 is 0 Å². The number of nitrogens with one attached hydrogen (secondary N) is 1. The second-order valence-corrected chi connectivity index (χ2v) is 5.98. The summed E-state index contributed by atoms with van der Waals surface area (Å²) < 4.78 is 79.7. The van der Waals surface area contributed by atoms with Crippen LogP contribution in [0.15, 0.2) is 17.0 Å². The smallest absolute Gasteiger partial charge is 0.320 e. The van der Waals surface area contributed by atoms with Gasteiger partial charge in [0.15, 0.2) is 0 Å². The van der Waals surface area contributed by atoms with E-state index in [1.54, 1.807) is 6.92 Å². The van der Waals surface area contributed by atoms with Gasteiger partial charge < -0.3 is 10.5 Å². The van der Waals surface area contributed by atoms with Gasteiger partial charge >= 0.3 is 12.3 Å². The molecule has 0 amide bonds. The predicted octanol–water partition coefficient (Wildman–Crippen LogP) is 1.76. The third-order valence-electron chi connectivity index (χ3n) is 2.66. The summed E-state index contributed by atoms with van der Waals surface area (Å²) in [4.78, 5) is -0.502. The molecule has 0 heterocycles. The molecule has 0 aromatic heterocycles. The Kier molecular flexibility index (Phi) is 5.05. The fourth-order valence-electron chi connectivity index (χ4n) is 1.39. The second kappa shape index (κ2) is 6.06. The van der Waals surface area contributed by atoms with Crippen molar-refractivity contribution in [2.45, 2.75) is 24.2 Å². The van der Waals surface area contributed by atoms with Crippen LogP contribution in [-0.2, 0) is 10.0 Å². The Morgan fingerprint density at radius 3 is 2.43 bits per heavy atom. The van der Waals surface area contributed by atoms with Gasteiger partial charge in [-0.1, -0.05) is 0 Å². The van der Waals surface area contributed by atoms with Crippen molar-refractivity contribution in [2.75, 3.05) is 19.4 Å². The predicted molar refractivity (Wildman–Crippen MR) is 68.3 cm³/mol. The minimum atomic E-state index is -4.48. The Balaban J connectivity index is 3.12. The van der Waals surface area contributed by atoms with Crippen molar-refractivity contribution in [2.24, 2.45) is 0 Å². The SMILES string of the molecule is COc1cc(C)c(N)cc1S(=O)(=O)NCC(F)(F)C(F)F. The first kappa shape index (κ1) is 17.5. The van der Waals surface area contributed by atoms with Crippen molar-refractivity contribution in [1.29, 1.82) is 0 Å². The van der Waals surface area contributed by atoms with Crippen LogP contribution in [0, 0.1) is 6.92 Å². The molecule has 0 atom stereocenters. The van der Waals surface area contributed by atoms with Crippen LogP contribution in [0.5, 0.6) is 5.75 Å². The van der Waals surface area contributed by atoms with Gasteiger partial charge in [0.1, 0.15) is 10.6 Å². The lowest BCUT2D eigenvalue weighted by molar-refractivity contribution is -0.122. The number of rotatable bonds is 6. The van der Waals surface area contributed by atoms with Crippen molar-refractivity contribution >= 4 is 15.7 Å². The monoisotopic (exact) mass is 330 g/mol. The van der Waals surface area contributed by atoms with Crippen LogP contribution in [0.2, 0.25) is 0 Å². The van der Waals surface area contributed by atoms with Gasteiger partial charge in [0.05, 0.1) is 13.7 Å². The minimum Gasteiger partial charge on any atom is -0.495 e. The average molecular weight is 330 g/mol. The number of anilines is 1. The summed E-state index contributed by atoms with van der Waals surface area (Å²) in [5.74, 6) is -4.61. The molecule has 21 heavy (non-hydrogen) atoms. The first-order valence-corrected chi connectivity index (χ1v) is 7.09. The molecule has 10 heteroatoms. The molecule has 1 aromatic rings. The number of halogens is 4. The first-order chi connectivity index (χ1) is 9.51. The summed E-state index contributed by atoms with van der Waals surface area (Å²) in [5, 5.41) is 0. The Hall–Kier alpha value is -1.55. The largest absolute Gasteiger partial charge is 0.495 e. The van der Waals surface area contributed by atoms with Gasteiger partial charge in [0.2, 0.25) is 10.0 Å². The first-order valence-electron chi connectivity index (χ1n) is 5.61. The maximum absolute atomic E-state index is 12.8. The number of ether oxygens (including phenoxy) is 1. The highest BCUT2D eigenvalue weighted by Crippen LogP contribution is 2.29. The molecular weight excluding hydrogens is 316 g/mol. The summed E-state index contributed by atoms with van der Waals surface area (Å²) in [6.07, 6.45) is -3.98. The van der Waals surface area contributed by atoms with E-state index in [0.717, 1.165) is 6.07 Å². The van der Waals surface area contributed by atoms with E-state index in [2.05, 4.69) is 0 Å². The van der Waals surface area contributed by atoms with Crippen molar-refractivity contribution in [3.8, 4) is 5.75 Å². The van der Waals surface area contributed by atoms with E-state index in [-0.39, 0.29) is 11.4 Å².